The highest BCUT2D eigenvalue weighted by atomic mass is 127. The van der Waals surface area contributed by atoms with Crippen LogP contribution in [0.3, 0.4) is 0 Å². The molecule has 1 amide bonds. The Bertz CT molecular complexity index is 494. The van der Waals surface area contributed by atoms with Crippen molar-refractivity contribution in [2.75, 3.05) is 11.9 Å². The monoisotopic (exact) mass is 356 g/mol. The molecule has 0 aliphatic carbocycles. The summed E-state index contributed by atoms with van der Waals surface area (Å²) in [5.41, 5.74) is 0.806. The minimum atomic E-state index is -0.0669. The number of hydrogen-bond acceptors (Lipinski definition) is 3. The molecule has 2 aromatic rings. The van der Waals surface area contributed by atoms with Gasteiger partial charge in [-0.25, -0.2) is 0 Å². The minimum Gasteiger partial charge on any atom is -0.468 e. The van der Waals surface area contributed by atoms with Gasteiger partial charge in [-0.15, -0.1) is 0 Å². The van der Waals surface area contributed by atoms with Gasteiger partial charge in [0.25, 0.3) is 0 Å². The molecule has 0 fully saturated rings. The average molecular weight is 356 g/mol. The molecule has 0 spiro atoms. The largest absolute Gasteiger partial charge is 0.468 e. The zero-order valence-electron chi connectivity index (χ0n) is 9.65. The third-order valence-electron chi connectivity index (χ3n) is 2.29. The van der Waals surface area contributed by atoms with E-state index >= 15 is 0 Å². The SMILES string of the molecule is O=C(CNCc1ccco1)Nc1ccc(I)cc1. The molecule has 0 atom stereocenters. The second-order valence-corrected chi connectivity index (χ2v) is 4.98. The van der Waals surface area contributed by atoms with Gasteiger partial charge in [0.15, 0.2) is 0 Å². The molecule has 94 valence electrons. The van der Waals surface area contributed by atoms with Gasteiger partial charge in [-0.2, -0.15) is 0 Å². The highest BCUT2D eigenvalue weighted by Gasteiger charge is 2.02. The third kappa shape index (κ3) is 4.15. The fourth-order valence-electron chi connectivity index (χ4n) is 1.45. The van der Waals surface area contributed by atoms with E-state index in [0.29, 0.717) is 6.54 Å². The van der Waals surface area contributed by atoms with Crippen molar-refractivity contribution in [2.45, 2.75) is 6.54 Å². The fourth-order valence-corrected chi connectivity index (χ4v) is 1.81. The van der Waals surface area contributed by atoms with Gasteiger partial charge in [0.1, 0.15) is 5.76 Å². The van der Waals surface area contributed by atoms with E-state index < -0.39 is 0 Å². The molecule has 0 aliphatic rings. The molecule has 1 heterocycles. The summed E-state index contributed by atoms with van der Waals surface area (Å²) in [6.07, 6.45) is 1.61. The Labute approximate surface area is 119 Å². The van der Waals surface area contributed by atoms with Crippen LogP contribution in [0.25, 0.3) is 0 Å². The molecule has 5 heteroatoms. The van der Waals surface area contributed by atoms with E-state index in [1.165, 1.54) is 0 Å². The Morgan fingerprint density at radius 3 is 2.67 bits per heavy atom. The molecule has 0 radical (unpaired) electrons. The lowest BCUT2D eigenvalue weighted by atomic mass is 10.3. The number of halogens is 1. The summed E-state index contributed by atoms with van der Waals surface area (Å²) in [4.78, 5) is 11.6. The number of anilines is 1. The number of amides is 1. The molecule has 18 heavy (non-hydrogen) atoms. The summed E-state index contributed by atoms with van der Waals surface area (Å²) in [6, 6.07) is 11.4. The number of hydrogen-bond donors (Lipinski definition) is 2. The van der Waals surface area contributed by atoms with E-state index in [4.69, 9.17) is 4.42 Å². The molecular weight excluding hydrogens is 343 g/mol. The third-order valence-corrected chi connectivity index (χ3v) is 3.01. The van der Waals surface area contributed by atoms with Crippen LogP contribution < -0.4 is 10.6 Å². The molecule has 0 bridgehead atoms. The molecule has 4 nitrogen and oxygen atoms in total. The zero-order valence-corrected chi connectivity index (χ0v) is 11.8. The van der Waals surface area contributed by atoms with Crippen LogP contribution in [0.4, 0.5) is 5.69 Å². The number of benzene rings is 1. The van der Waals surface area contributed by atoms with Crippen LogP contribution in [0.5, 0.6) is 0 Å². The van der Waals surface area contributed by atoms with Gasteiger partial charge in [0, 0.05) is 9.26 Å². The van der Waals surface area contributed by atoms with Crippen molar-refractivity contribution in [3.8, 4) is 0 Å². The standard InChI is InChI=1S/C13H13IN2O2/c14-10-3-5-11(6-4-10)16-13(17)9-15-8-12-2-1-7-18-12/h1-7,15H,8-9H2,(H,16,17). The minimum absolute atomic E-state index is 0.0669. The van der Waals surface area contributed by atoms with Gasteiger partial charge >= 0.3 is 0 Å². The predicted octanol–water partition coefficient (Wildman–Crippen LogP) is 2.61. The smallest absolute Gasteiger partial charge is 0.238 e. The van der Waals surface area contributed by atoms with Crippen LogP contribution in [0, 0.1) is 3.57 Å². The molecule has 2 rings (SSSR count). The Morgan fingerprint density at radius 2 is 2.00 bits per heavy atom. The summed E-state index contributed by atoms with van der Waals surface area (Å²) in [7, 11) is 0. The lowest BCUT2D eigenvalue weighted by Gasteiger charge is -2.05. The molecule has 0 saturated heterocycles. The van der Waals surface area contributed by atoms with E-state index in [1.54, 1.807) is 6.26 Å². The fraction of sp³-hybridized carbons (Fsp3) is 0.154. The number of nitrogens with one attached hydrogen (secondary N) is 2. The average Bonchev–Trinajstić information content (AvgIpc) is 2.85. The number of furan rings is 1. The molecule has 0 aliphatic heterocycles. The second kappa shape index (κ2) is 6.55. The van der Waals surface area contributed by atoms with E-state index in [1.807, 2.05) is 36.4 Å². The molecule has 0 unspecified atom stereocenters. The Morgan fingerprint density at radius 1 is 1.22 bits per heavy atom. The summed E-state index contributed by atoms with van der Waals surface area (Å²) in [5, 5.41) is 5.83. The topological polar surface area (TPSA) is 54.3 Å². The van der Waals surface area contributed by atoms with Crippen molar-refractivity contribution in [3.63, 3.8) is 0 Å². The maximum Gasteiger partial charge on any atom is 0.238 e. The zero-order chi connectivity index (χ0) is 12.8. The molecule has 0 saturated carbocycles. The van der Waals surface area contributed by atoms with Crippen LogP contribution in [0.15, 0.2) is 47.1 Å². The number of carbonyl (C=O) groups excluding carboxylic acids is 1. The maximum atomic E-state index is 11.6. The maximum absolute atomic E-state index is 11.6. The van der Waals surface area contributed by atoms with Crippen molar-refractivity contribution in [2.24, 2.45) is 0 Å². The van der Waals surface area contributed by atoms with Gasteiger partial charge in [-0.1, -0.05) is 0 Å². The summed E-state index contributed by atoms with van der Waals surface area (Å²) >= 11 is 2.22. The van der Waals surface area contributed by atoms with Crippen LogP contribution in [-0.2, 0) is 11.3 Å². The number of rotatable bonds is 5. The quantitative estimate of drug-likeness (QED) is 0.810. The first-order chi connectivity index (χ1) is 8.74. The van der Waals surface area contributed by atoms with Crippen molar-refractivity contribution in [1.29, 1.82) is 0 Å². The summed E-state index contributed by atoms with van der Waals surface area (Å²) in [6.45, 7) is 0.805. The van der Waals surface area contributed by atoms with Gasteiger partial charge in [-0.05, 0) is 59.0 Å². The number of carbonyl (C=O) groups is 1. The highest BCUT2D eigenvalue weighted by molar-refractivity contribution is 14.1. The van der Waals surface area contributed by atoms with E-state index in [-0.39, 0.29) is 12.5 Å². The summed E-state index contributed by atoms with van der Waals surface area (Å²) in [5.74, 6) is 0.750. The van der Waals surface area contributed by atoms with Gasteiger partial charge < -0.3 is 15.1 Å². The van der Waals surface area contributed by atoms with Gasteiger partial charge in [0.05, 0.1) is 19.4 Å². The van der Waals surface area contributed by atoms with Crippen molar-refractivity contribution in [1.82, 2.24) is 5.32 Å². The lowest BCUT2D eigenvalue weighted by Crippen LogP contribution is -2.27. The van der Waals surface area contributed by atoms with Crippen molar-refractivity contribution in [3.05, 3.63) is 52.0 Å². The van der Waals surface area contributed by atoms with Crippen LogP contribution in [0.2, 0.25) is 0 Å². The first-order valence-corrected chi connectivity index (χ1v) is 6.60. The second-order valence-electron chi connectivity index (χ2n) is 3.74. The Balaban J connectivity index is 1.73. The molecule has 1 aromatic heterocycles. The van der Waals surface area contributed by atoms with Crippen molar-refractivity contribution < 1.29 is 9.21 Å². The molecule has 1 aromatic carbocycles. The summed E-state index contributed by atoms with van der Waals surface area (Å²) < 4.78 is 6.29. The first kappa shape index (κ1) is 13.1. The van der Waals surface area contributed by atoms with E-state index in [0.717, 1.165) is 15.0 Å². The van der Waals surface area contributed by atoms with Gasteiger partial charge in [0.2, 0.25) is 5.91 Å². The first-order valence-electron chi connectivity index (χ1n) is 5.52. The van der Waals surface area contributed by atoms with Crippen LogP contribution in [0.1, 0.15) is 5.76 Å². The molecular formula is C13H13IN2O2. The van der Waals surface area contributed by atoms with E-state index in [9.17, 15) is 4.79 Å². The van der Waals surface area contributed by atoms with Crippen LogP contribution in [-0.4, -0.2) is 12.5 Å². The molecule has 2 N–H and O–H groups in total. The Hall–Kier alpha value is -1.34. The predicted molar refractivity (Wildman–Crippen MR) is 78.2 cm³/mol. The van der Waals surface area contributed by atoms with Crippen LogP contribution >= 0.6 is 22.6 Å². The Kier molecular flexibility index (Phi) is 4.77. The highest BCUT2D eigenvalue weighted by Crippen LogP contribution is 2.10. The van der Waals surface area contributed by atoms with Crippen molar-refractivity contribution >= 4 is 34.2 Å². The lowest BCUT2D eigenvalue weighted by molar-refractivity contribution is -0.115. The van der Waals surface area contributed by atoms with Gasteiger partial charge in [-0.3, -0.25) is 4.79 Å². The normalized spacial score (nSPS) is 10.3. The van der Waals surface area contributed by atoms with E-state index in [2.05, 4.69) is 33.2 Å².